The molecule has 1 aromatic heterocycles. The van der Waals surface area contributed by atoms with E-state index >= 15 is 0 Å². The molecule has 0 fully saturated rings. The third-order valence-corrected chi connectivity index (χ3v) is 3.13. The Morgan fingerprint density at radius 2 is 2.00 bits per heavy atom. The number of carbonyl (C=O) groups excluding carboxylic acids is 1. The van der Waals surface area contributed by atoms with Gasteiger partial charge in [-0.25, -0.2) is 4.79 Å². The minimum Gasteiger partial charge on any atom is -0.464 e. The van der Waals surface area contributed by atoms with Gasteiger partial charge >= 0.3 is 5.97 Å². The summed E-state index contributed by atoms with van der Waals surface area (Å²) < 4.78 is 6.16. The maximum absolute atomic E-state index is 11.3. The minimum absolute atomic E-state index is 0.251. The molecule has 0 atom stereocenters. The van der Waals surface area contributed by atoms with Crippen LogP contribution in [0.2, 0.25) is 10.0 Å². The Morgan fingerprint density at radius 3 is 2.61 bits per heavy atom. The van der Waals surface area contributed by atoms with Crippen LogP contribution < -0.4 is 0 Å². The molecule has 94 valence electrons. The van der Waals surface area contributed by atoms with Crippen molar-refractivity contribution in [2.75, 3.05) is 7.11 Å². The maximum atomic E-state index is 11.3. The predicted octanol–water partition coefficient (Wildman–Crippen LogP) is 3.02. The summed E-state index contributed by atoms with van der Waals surface area (Å²) in [5.74, 6) is -0.473. The first-order valence-corrected chi connectivity index (χ1v) is 5.92. The highest BCUT2D eigenvalue weighted by atomic mass is 35.5. The van der Waals surface area contributed by atoms with Crippen LogP contribution in [-0.4, -0.2) is 22.9 Å². The van der Waals surface area contributed by atoms with Gasteiger partial charge in [0.25, 0.3) is 0 Å². The second-order valence-electron chi connectivity index (χ2n) is 3.59. The van der Waals surface area contributed by atoms with Crippen molar-refractivity contribution in [2.45, 2.75) is 6.54 Å². The van der Waals surface area contributed by atoms with Gasteiger partial charge in [0.05, 0.1) is 13.7 Å². The predicted molar refractivity (Wildman–Crippen MR) is 69.1 cm³/mol. The second-order valence-corrected chi connectivity index (χ2v) is 4.40. The van der Waals surface area contributed by atoms with Crippen LogP contribution in [0.3, 0.4) is 0 Å². The Bertz CT molecular complexity index is 561. The quantitative estimate of drug-likeness (QED) is 0.814. The van der Waals surface area contributed by atoms with Crippen LogP contribution in [0.1, 0.15) is 16.1 Å². The van der Waals surface area contributed by atoms with Gasteiger partial charge in [-0.15, -0.1) is 0 Å². The molecule has 0 radical (unpaired) electrons. The van der Waals surface area contributed by atoms with Gasteiger partial charge in [0.15, 0.2) is 5.69 Å². The number of hydrogen-bond donors (Lipinski definition) is 0. The zero-order chi connectivity index (χ0) is 13.1. The largest absolute Gasteiger partial charge is 0.464 e. The fourth-order valence-corrected chi connectivity index (χ4v) is 2.03. The number of halogens is 2. The standard InChI is InChI=1S/C12H10Cl2N2O2/c1-18-12(17)11-5-6-16(15-11)7-8-9(13)3-2-4-10(8)14/h2-6H,7H2,1H3. The van der Waals surface area contributed by atoms with Crippen molar-refractivity contribution in [3.05, 3.63) is 51.8 Å². The molecule has 1 aromatic carbocycles. The number of nitrogens with zero attached hydrogens (tertiary/aromatic N) is 2. The summed E-state index contributed by atoms with van der Waals surface area (Å²) in [5.41, 5.74) is 1.01. The van der Waals surface area contributed by atoms with Crippen molar-refractivity contribution in [1.82, 2.24) is 9.78 Å². The Kier molecular flexibility index (Phi) is 3.89. The van der Waals surface area contributed by atoms with Gasteiger partial charge in [0.1, 0.15) is 0 Å². The lowest BCUT2D eigenvalue weighted by atomic mass is 10.2. The Hall–Kier alpha value is -1.52. The summed E-state index contributed by atoms with van der Waals surface area (Å²) in [7, 11) is 1.31. The van der Waals surface area contributed by atoms with Crippen LogP contribution >= 0.6 is 23.2 Å². The van der Waals surface area contributed by atoms with E-state index in [9.17, 15) is 4.79 Å². The van der Waals surface area contributed by atoms with E-state index in [2.05, 4.69) is 9.84 Å². The number of carbonyl (C=O) groups is 1. The van der Waals surface area contributed by atoms with Crippen LogP contribution in [0.15, 0.2) is 30.5 Å². The molecule has 0 N–H and O–H groups in total. The van der Waals surface area contributed by atoms with Crippen molar-refractivity contribution in [1.29, 1.82) is 0 Å². The van der Waals surface area contributed by atoms with E-state index < -0.39 is 5.97 Å². The van der Waals surface area contributed by atoms with Gasteiger partial charge in [0, 0.05) is 21.8 Å². The number of hydrogen-bond acceptors (Lipinski definition) is 3. The van der Waals surface area contributed by atoms with Gasteiger partial charge in [-0.3, -0.25) is 4.68 Å². The first-order valence-electron chi connectivity index (χ1n) is 5.16. The molecular formula is C12H10Cl2N2O2. The summed E-state index contributed by atoms with van der Waals surface area (Å²) >= 11 is 12.1. The van der Waals surface area contributed by atoms with Crippen molar-refractivity contribution in [2.24, 2.45) is 0 Å². The van der Waals surface area contributed by atoms with Crippen molar-refractivity contribution in [3.8, 4) is 0 Å². The number of esters is 1. The highest BCUT2D eigenvalue weighted by molar-refractivity contribution is 6.35. The number of ether oxygens (including phenoxy) is 1. The van der Waals surface area contributed by atoms with E-state index in [1.165, 1.54) is 7.11 Å². The van der Waals surface area contributed by atoms with Crippen LogP contribution in [0.25, 0.3) is 0 Å². The lowest BCUT2D eigenvalue weighted by Gasteiger charge is -2.06. The molecule has 2 aromatic rings. The average molecular weight is 285 g/mol. The number of rotatable bonds is 3. The molecule has 0 spiro atoms. The maximum Gasteiger partial charge on any atom is 0.358 e. The highest BCUT2D eigenvalue weighted by Gasteiger charge is 2.11. The number of benzene rings is 1. The third kappa shape index (κ3) is 2.66. The number of methoxy groups -OCH3 is 1. The molecule has 0 unspecified atom stereocenters. The summed E-state index contributed by atoms with van der Waals surface area (Å²) in [6, 6.07) is 6.87. The van der Waals surface area contributed by atoms with Gasteiger partial charge in [0.2, 0.25) is 0 Å². The summed E-state index contributed by atoms with van der Waals surface area (Å²) in [6.45, 7) is 0.398. The SMILES string of the molecule is COC(=O)c1ccn(Cc2c(Cl)cccc2Cl)n1. The normalized spacial score (nSPS) is 10.4. The smallest absolute Gasteiger partial charge is 0.358 e. The van der Waals surface area contributed by atoms with Crippen LogP contribution in [0.5, 0.6) is 0 Å². The molecule has 18 heavy (non-hydrogen) atoms. The molecule has 0 aliphatic carbocycles. The first kappa shape index (κ1) is 12.9. The Morgan fingerprint density at radius 1 is 1.33 bits per heavy atom. The van der Waals surface area contributed by atoms with E-state index in [0.717, 1.165) is 5.56 Å². The number of aromatic nitrogens is 2. The fourth-order valence-electron chi connectivity index (χ4n) is 1.51. The molecule has 6 heteroatoms. The molecule has 0 saturated heterocycles. The van der Waals surface area contributed by atoms with Crippen LogP contribution in [0, 0.1) is 0 Å². The monoisotopic (exact) mass is 284 g/mol. The zero-order valence-corrected chi connectivity index (χ0v) is 11.1. The summed E-state index contributed by atoms with van der Waals surface area (Å²) in [6.07, 6.45) is 1.67. The molecule has 0 bridgehead atoms. The summed E-state index contributed by atoms with van der Waals surface area (Å²) in [5, 5.41) is 5.22. The topological polar surface area (TPSA) is 44.1 Å². The molecule has 0 saturated carbocycles. The van der Waals surface area contributed by atoms with Crippen molar-refractivity contribution < 1.29 is 9.53 Å². The summed E-state index contributed by atoms with van der Waals surface area (Å²) in [4.78, 5) is 11.3. The Labute approximate surface area is 114 Å². The van der Waals surface area contributed by atoms with E-state index in [4.69, 9.17) is 23.2 Å². The van der Waals surface area contributed by atoms with Crippen molar-refractivity contribution in [3.63, 3.8) is 0 Å². The van der Waals surface area contributed by atoms with Gasteiger partial charge in [-0.2, -0.15) is 5.10 Å². The van der Waals surface area contributed by atoms with Gasteiger partial charge in [-0.05, 0) is 18.2 Å². The fraction of sp³-hybridized carbons (Fsp3) is 0.167. The van der Waals surface area contributed by atoms with Gasteiger partial charge < -0.3 is 4.74 Å². The second kappa shape index (κ2) is 5.42. The van der Waals surface area contributed by atoms with E-state index in [1.807, 2.05) is 0 Å². The van der Waals surface area contributed by atoms with Crippen LogP contribution in [-0.2, 0) is 11.3 Å². The molecule has 0 aliphatic heterocycles. The molecule has 0 amide bonds. The third-order valence-electron chi connectivity index (χ3n) is 2.42. The van der Waals surface area contributed by atoms with E-state index in [0.29, 0.717) is 16.6 Å². The lowest BCUT2D eigenvalue weighted by molar-refractivity contribution is 0.0593. The lowest BCUT2D eigenvalue weighted by Crippen LogP contribution is -2.06. The van der Waals surface area contributed by atoms with Crippen LogP contribution in [0.4, 0.5) is 0 Å². The van der Waals surface area contributed by atoms with Gasteiger partial charge in [-0.1, -0.05) is 29.3 Å². The molecule has 4 nitrogen and oxygen atoms in total. The zero-order valence-electron chi connectivity index (χ0n) is 9.56. The first-order chi connectivity index (χ1) is 8.61. The molecular weight excluding hydrogens is 275 g/mol. The Balaban J connectivity index is 2.24. The minimum atomic E-state index is -0.473. The molecule has 0 aliphatic rings. The van der Waals surface area contributed by atoms with E-state index in [-0.39, 0.29) is 5.69 Å². The van der Waals surface area contributed by atoms with Crippen molar-refractivity contribution >= 4 is 29.2 Å². The highest BCUT2D eigenvalue weighted by Crippen LogP contribution is 2.24. The average Bonchev–Trinajstić information content (AvgIpc) is 2.81. The molecule has 1 heterocycles. The molecule has 2 rings (SSSR count). The van der Waals surface area contributed by atoms with E-state index in [1.54, 1.807) is 35.1 Å².